The molecule has 1 aliphatic heterocycles. The van der Waals surface area contributed by atoms with Crippen LogP contribution in [0.2, 0.25) is 0 Å². The van der Waals surface area contributed by atoms with Gasteiger partial charge in [-0.3, -0.25) is 9.48 Å². The van der Waals surface area contributed by atoms with Crippen molar-refractivity contribution in [2.45, 2.75) is 26.3 Å². The molecule has 0 aromatic carbocycles. The number of carbonyl (C=O) groups is 1. The number of aromatic nitrogens is 3. The molecule has 112 valence electrons. The minimum Gasteiger partial charge on any atom is -0.480 e. The van der Waals surface area contributed by atoms with Gasteiger partial charge < -0.3 is 14.2 Å². The van der Waals surface area contributed by atoms with Crippen LogP contribution in [0.25, 0.3) is 0 Å². The van der Waals surface area contributed by atoms with Gasteiger partial charge in [0.1, 0.15) is 5.76 Å². The minimum atomic E-state index is -0.111. The Kier molecular flexibility index (Phi) is 3.40. The number of hydrogen-bond acceptors (Lipinski definition) is 5. The summed E-state index contributed by atoms with van der Waals surface area (Å²) in [5.41, 5.74) is 2.45. The highest BCUT2D eigenvalue weighted by atomic mass is 16.5. The van der Waals surface area contributed by atoms with Gasteiger partial charge in [-0.05, 0) is 19.8 Å². The van der Waals surface area contributed by atoms with Gasteiger partial charge >= 0.3 is 0 Å². The molecule has 7 nitrogen and oxygen atoms in total. The Hall–Kier alpha value is -2.31. The fourth-order valence-corrected chi connectivity index (χ4v) is 2.70. The lowest BCUT2D eigenvalue weighted by Crippen LogP contribution is -2.31. The van der Waals surface area contributed by atoms with Gasteiger partial charge in [-0.25, -0.2) is 0 Å². The molecule has 3 heterocycles. The summed E-state index contributed by atoms with van der Waals surface area (Å²) in [6, 6.07) is 1.66. The Labute approximate surface area is 122 Å². The van der Waals surface area contributed by atoms with Crippen LogP contribution in [0, 0.1) is 6.92 Å². The Bertz CT molecular complexity index is 674. The molecule has 1 amide bonds. The second kappa shape index (κ2) is 5.23. The van der Waals surface area contributed by atoms with Crippen LogP contribution >= 0.6 is 0 Å². The minimum absolute atomic E-state index is 0.111. The fraction of sp³-hybridized carbons (Fsp3) is 0.500. The molecule has 21 heavy (non-hydrogen) atoms. The third-order valence-corrected chi connectivity index (χ3v) is 3.76. The van der Waals surface area contributed by atoms with Crippen LogP contribution < -0.4 is 4.74 Å². The summed E-state index contributed by atoms with van der Waals surface area (Å²) in [5.74, 6) is 1.18. The predicted molar refractivity (Wildman–Crippen MR) is 74.1 cm³/mol. The normalized spacial score (nSPS) is 14.7. The van der Waals surface area contributed by atoms with Gasteiger partial charge in [-0.15, -0.1) is 5.10 Å². The van der Waals surface area contributed by atoms with Crippen molar-refractivity contribution in [1.29, 1.82) is 0 Å². The van der Waals surface area contributed by atoms with Crippen LogP contribution in [0.15, 0.2) is 10.6 Å². The lowest BCUT2D eigenvalue weighted by molar-refractivity contribution is 0.0731. The highest BCUT2D eigenvalue weighted by Crippen LogP contribution is 2.27. The molecule has 1 aliphatic rings. The van der Waals surface area contributed by atoms with Gasteiger partial charge in [0, 0.05) is 25.2 Å². The maximum absolute atomic E-state index is 12.5. The third-order valence-electron chi connectivity index (χ3n) is 3.76. The van der Waals surface area contributed by atoms with Crippen molar-refractivity contribution in [2.75, 3.05) is 13.7 Å². The summed E-state index contributed by atoms with van der Waals surface area (Å²) >= 11 is 0. The first-order valence-electron chi connectivity index (χ1n) is 6.91. The maximum Gasteiger partial charge on any atom is 0.276 e. The van der Waals surface area contributed by atoms with E-state index in [0.717, 1.165) is 24.1 Å². The topological polar surface area (TPSA) is 73.4 Å². The Morgan fingerprint density at radius 1 is 1.48 bits per heavy atom. The van der Waals surface area contributed by atoms with Gasteiger partial charge in [-0.1, -0.05) is 5.16 Å². The number of ether oxygens (including phenoxy) is 1. The van der Waals surface area contributed by atoms with Crippen LogP contribution in [0.3, 0.4) is 0 Å². The summed E-state index contributed by atoms with van der Waals surface area (Å²) in [4.78, 5) is 14.3. The van der Waals surface area contributed by atoms with E-state index < -0.39 is 0 Å². The second-order valence-corrected chi connectivity index (χ2v) is 5.21. The molecule has 7 heteroatoms. The van der Waals surface area contributed by atoms with E-state index in [2.05, 4.69) is 10.3 Å². The van der Waals surface area contributed by atoms with E-state index in [0.29, 0.717) is 30.4 Å². The molecule has 0 spiro atoms. The Balaban J connectivity index is 1.89. The SMILES string of the molecule is COc1nn(C)c2c1CCCN(C(=O)c1cc(C)on1)C2. The number of fused-ring (bicyclic) bond motifs is 1. The first-order valence-corrected chi connectivity index (χ1v) is 6.91. The van der Waals surface area contributed by atoms with Gasteiger partial charge in [0.25, 0.3) is 5.91 Å². The molecule has 0 saturated carbocycles. The largest absolute Gasteiger partial charge is 0.480 e. The summed E-state index contributed by atoms with van der Waals surface area (Å²) in [6.07, 6.45) is 1.73. The van der Waals surface area contributed by atoms with Crippen LogP contribution in [0.4, 0.5) is 0 Å². The zero-order chi connectivity index (χ0) is 15.0. The Morgan fingerprint density at radius 2 is 2.29 bits per heavy atom. The molecule has 0 aliphatic carbocycles. The monoisotopic (exact) mass is 290 g/mol. The van der Waals surface area contributed by atoms with E-state index in [1.54, 1.807) is 29.7 Å². The number of carbonyl (C=O) groups excluding carboxylic acids is 1. The van der Waals surface area contributed by atoms with Crippen molar-refractivity contribution in [3.8, 4) is 5.88 Å². The molecule has 2 aromatic rings. The molecule has 0 saturated heterocycles. The van der Waals surface area contributed by atoms with E-state index >= 15 is 0 Å². The third kappa shape index (κ3) is 2.39. The molecule has 0 atom stereocenters. The Morgan fingerprint density at radius 3 is 2.95 bits per heavy atom. The van der Waals surface area contributed by atoms with Crippen LogP contribution in [-0.4, -0.2) is 39.4 Å². The summed E-state index contributed by atoms with van der Waals surface area (Å²) in [6.45, 7) is 2.96. The van der Waals surface area contributed by atoms with Gasteiger partial charge in [-0.2, -0.15) is 0 Å². The van der Waals surface area contributed by atoms with Gasteiger partial charge in [0.05, 0.1) is 19.3 Å². The van der Waals surface area contributed by atoms with Crippen molar-refractivity contribution >= 4 is 5.91 Å². The molecule has 2 aromatic heterocycles. The van der Waals surface area contributed by atoms with Crippen molar-refractivity contribution in [1.82, 2.24) is 19.8 Å². The van der Waals surface area contributed by atoms with Crippen molar-refractivity contribution in [3.05, 3.63) is 28.8 Å². The van der Waals surface area contributed by atoms with Crippen molar-refractivity contribution in [2.24, 2.45) is 7.05 Å². The van der Waals surface area contributed by atoms with E-state index in [1.807, 2.05) is 7.05 Å². The van der Waals surface area contributed by atoms with Crippen LogP contribution in [-0.2, 0) is 20.0 Å². The molecule has 0 radical (unpaired) electrons. The summed E-state index contributed by atoms with van der Waals surface area (Å²) < 4.78 is 12.1. The first-order chi connectivity index (χ1) is 10.1. The maximum atomic E-state index is 12.5. The van der Waals surface area contributed by atoms with E-state index in [4.69, 9.17) is 9.26 Å². The highest BCUT2D eigenvalue weighted by Gasteiger charge is 2.27. The quantitative estimate of drug-likeness (QED) is 0.834. The smallest absolute Gasteiger partial charge is 0.276 e. The molecule has 0 N–H and O–H groups in total. The number of rotatable bonds is 2. The fourth-order valence-electron chi connectivity index (χ4n) is 2.70. The zero-order valence-corrected chi connectivity index (χ0v) is 12.4. The predicted octanol–water partition coefficient (Wildman–Crippen LogP) is 1.31. The summed E-state index contributed by atoms with van der Waals surface area (Å²) in [5, 5.41) is 8.15. The van der Waals surface area contributed by atoms with Crippen LogP contribution in [0.1, 0.15) is 33.9 Å². The summed E-state index contributed by atoms with van der Waals surface area (Å²) in [7, 11) is 3.49. The highest BCUT2D eigenvalue weighted by molar-refractivity contribution is 5.92. The lowest BCUT2D eigenvalue weighted by atomic mass is 10.1. The second-order valence-electron chi connectivity index (χ2n) is 5.21. The van der Waals surface area contributed by atoms with E-state index in [9.17, 15) is 4.79 Å². The standard InChI is InChI=1S/C14H18N4O3/c1-9-7-11(16-21-9)14(19)18-6-4-5-10-12(8-18)17(2)15-13(10)20-3/h7H,4-6,8H2,1-3H3. The number of aryl methyl sites for hydroxylation is 2. The first kappa shape index (κ1) is 13.7. The molecule has 0 bridgehead atoms. The molecule has 3 rings (SSSR count). The number of methoxy groups -OCH3 is 1. The lowest BCUT2D eigenvalue weighted by Gasteiger charge is -2.19. The molecular weight excluding hydrogens is 272 g/mol. The van der Waals surface area contributed by atoms with E-state index in [-0.39, 0.29) is 5.91 Å². The van der Waals surface area contributed by atoms with Crippen molar-refractivity contribution < 1.29 is 14.1 Å². The van der Waals surface area contributed by atoms with E-state index in [1.165, 1.54) is 0 Å². The number of nitrogens with zero attached hydrogens (tertiary/aromatic N) is 4. The van der Waals surface area contributed by atoms with Crippen LogP contribution in [0.5, 0.6) is 5.88 Å². The molecule has 0 unspecified atom stereocenters. The van der Waals surface area contributed by atoms with Crippen molar-refractivity contribution in [3.63, 3.8) is 0 Å². The number of hydrogen-bond donors (Lipinski definition) is 0. The zero-order valence-electron chi connectivity index (χ0n) is 12.4. The number of amides is 1. The average molecular weight is 290 g/mol. The molecular formula is C14H18N4O3. The average Bonchev–Trinajstić information content (AvgIpc) is 2.94. The molecule has 0 fully saturated rings. The van der Waals surface area contributed by atoms with Gasteiger partial charge in [0.15, 0.2) is 5.69 Å². The van der Waals surface area contributed by atoms with Gasteiger partial charge in [0.2, 0.25) is 5.88 Å².